The number of nitrogens with zero attached hydrogens (tertiary/aromatic N) is 1. The lowest BCUT2D eigenvalue weighted by Crippen LogP contribution is -1.93. The van der Waals surface area contributed by atoms with Gasteiger partial charge in [-0.05, 0) is 58.7 Å². The van der Waals surface area contributed by atoms with Crippen LogP contribution >= 0.6 is 15.9 Å². The molecule has 0 aromatic heterocycles. The van der Waals surface area contributed by atoms with Crippen molar-refractivity contribution in [1.29, 1.82) is 5.26 Å². The molecule has 3 nitrogen and oxygen atoms in total. The second kappa shape index (κ2) is 5.11. The van der Waals surface area contributed by atoms with Gasteiger partial charge in [0, 0.05) is 4.47 Å². The molecule has 90 valence electrons. The van der Waals surface area contributed by atoms with Gasteiger partial charge in [0.25, 0.3) is 0 Å². The zero-order chi connectivity index (χ0) is 13.1. The number of anilines is 1. The molecule has 0 aliphatic carbocycles. The van der Waals surface area contributed by atoms with E-state index in [1.165, 1.54) is 0 Å². The molecule has 0 unspecified atom stereocenters. The second-order valence-corrected chi connectivity index (χ2v) is 4.75. The highest BCUT2D eigenvalue weighted by molar-refractivity contribution is 9.10. The van der Waals surface area contributed by atoms with Gasteiger partial charge in [-0.1, -0.05) is 6.07 Å². The minimum Gasteiger partial charge on any atom is -0.455 e. The summed E-state index contributed by atoms with van der Waals surface area (Å²) in [4.78, 5) is 0. The standard InChI is InChI=1S/C14H11BrN2O/c1-9-2-5-13(17)14(6-9)18-11-4-3-10(8-16)12(15)7-11/h2-7H,17H2,1H3. The Balaban J connectivity index is 2.32. The lowest BCUT2D eigenvalue weighted by Gasteiger charge is -2.09. The summed E-state index contributed by atoms with van der Waals surface area (Å²) < 4.78 is 6.41. The first-order chi connectivity index (χ1) is 8.60. The number of halogens is 1. The van der Waals surface area contributed by atoms with Gasteiger partial charge in [-0.3, -0.25) is 0 Å². The SMILES string of the molecule is Cc1ccc(N)c(Oc2ccc(C#N)c(Br)c2)c1. The van der Waals surface area contributed by atoms with E-state index >= 15 is 0 Å². The number of nitrogens with two attached hydrogens (primary N) is 1. The molecule has 0 amide bonds. The Morgan fingerprint density at radius 2 is 2.00 bits per heavy atom. The molecule has 0 heterocycles. The summed E-state index contributed by atoms with van der Waals surface area (Å²) in [5.74, 6) is 1.25. The summed E-state index contributed by atoms with van der Waals surface area (Å²) in [7, 11) is 0. The van der Waals surface area contributed by atoms with Crippen molar-refractivity contribution in [1.82, 2.24) is 0 Å². The third-order valence-corrected chi connectivity index (χ3v) is 3.11. The maximum Gasteiger partial charge on any atom is 0.150 e. The number of ether oxygens (including phenoxy) is 1. The first-order valence-corrected chi connectivity index (χ1v) is 6.13. The molecule has 0 bridgehead atoms. The quantitative estimate of drug-likeness (QED) is 0.853. The lowest BCUT2D eigenvalue weighted by atomic mass is 10.2. The van der Waals surface area contributed by atoms with Crippen molar-refractivity contribution in [3.8, 4) is 17.6 Å². The van der Waals surface area contributed by atoms with Gasteiger partial charge in [-0.15, -0.1) is 0 Å². The molecule has 0 fully saturated rings. The largest absolute Gasteiger partial charge is 0.455 e. The summed E-state index contributed by atoms with van der Waals surface area (Å²) >= 11 is 3.32. The Kier molecular flexibility index (Phi) is 3.54. The third-order valence-electron chi connectivity index (χ3n) is 2.46. The summed E-state index contributed by atoms with van der Waals surface area (Å²) in [6.07, 6.45) is 0. The number of nitriles is 1. The highest BCUT2D eigenvalue weighted by Gasteiger charge is 2.05. The van der Waals surface area contributed by atoms with E-state index in [9.17, 15) is 0 Å². The van der Waals surface area contributed by atoms with Gasteiger partial charge < -0.3 is 10.5 Å². The molecule has 2 aromatic rings. The number of rotatable bonds is 2. The highest BCUT2D eigenvalue weighted by Crippen LogP contribution is 2.30. The van der Waals surface area contributed by atoms with E-state index < -0.39 is 0 Å². The molecular weight excluding hydrogens is 292 g/mol. The first kappa shape index (κ1) is 12.5. The fraction of sp³-hybridized carbons (Fsp3) is 0.0714. The van der Waals surface area contributed by atoms with Crippen LogP contribution in [0.3, 0.4) is 0 Å². The van der Waals surface area contributed by atoms with Crippen LogP contribution in [-0.4, -0.2) is 0 Å². The average molecular weight is 303 g/mol. The molecule has 2 N–H and O–H groups in total. The van der Waals surface area contributed by atoms with E-state index in [2.05, 4.69) is 22.0 Å². The molecule has 2 aromatic carbocycles. The van der Waals surface area contributed by atoms with Crippen molar-refractivity contribution >= 4 is 21.6 Å². The van der Waals surface area contributed by atoms with Crippen molar-refractivity contribution in [2.45, 2.75) is 6.92 Å². The van der Waals surface area contributed by atoms with Gasteiger partial charge >= 0.3 is 0 Å². The topological polar surface area (TPSA) is 59.0 Å². The van der Waals surface area contributed by atoms with Crippen LogP contribution < -0.4 is 10.5 Å². The molecule has 4 heteroatoms. The fourth-order valence-corrected chi connectivity index (χ4v) is 1.95. The molecular formula is C14H11BrN2O. The predicted octanol–water partition coefficient (Wildman–Crippen LogP) is 4.00. The maximum atomic E-state index is 8.84. The van der Waals surface area contributed by atoms with Gasteiger partial charge in [0.15, 0.2) is 5.75 Å². The van der Waals surface area contributed by atoms with Crippen molar-refractivity contribution in [3.05, 3.63) is 52.0 Å². The molecule has 0 saturated heterocycles. The number of benzene rings is 2. The van der Waals surface area contributed by atoms with E-state index in [1.807, 2.05) is 25.1 Å². The highest BCUT2D eigenvalue weighted by atomic mass is 79.9. The van der Waals surface area contributed by atoms with Crippen LogP contribution in [0.1, 0.15) is 11.1 Å². The maximum absolute atomic E-state index is 8.84. The fourth-order valence-electron chi connectivity index (χ4n) is 1.51. The number of hydrogen-bond donors (Lipinski definition) is 1. The summed E-state index contributed by atoms with van der Waals surface area (Å²) in [5.41, 5.74) is 8.07. The molecule has 18 heavy (non-hydrogen) atoms. The van der Waals surface area contributed by atoms with Crippen LogP contribution in [0.2, 0.25) is 0 Å². The normalized spacial score (nSPS) is 9.83. The van der Waals surface area contributed by atoms with E-state index in [0.717, 1.165) is 5.56 Å². The molecule has 0 spiro atoms. The summed E-state index contributed by atoms with van der Waals surface area (Å²) in [6, 6.07) is 12.9. The number of hydrogen-bond acceptors (Lipinski definition) is 3. The minimum absolute atomic E-state index is 0.569. The van der Waals surface area contributed by atoms with Gasteiger partial charge in [0.05, 0.1) is 11.3 Å². The first-order valence-electron chi connectivity index (χ1n) is 5.34. The van der Waals surface area contributed by atoms with Gasteiger partial charge in [-0.25, -0.2) is 0 Å². The predicted molar refractivity (Wildman–Crippen MR) is 74.5 cm³/mol. The van der Waals surface area contributed by atoms with E-state index in [-0.39, 0.29) is 0 Å². The molecule has 0 radical (unpaired) electrons. The summed E-state index contributed by atoms with van der Waals surface area (Å²) in [5, 5.41) is 8.84. The Labute approximate surface area is 114 Å². The van der Waals surface area contributed by atoms with E-state index in [0.29, 0.717) is 27.2 Å². The summed E-state index contributed by atoms with van der Waals surface area (Å²) in [6.45, 7) is 1.97. The Bertz CT molecular complexity index is 632. The van der Waals surface area contributed by atoms with E-state index in [1.54, 1.807) is 18.2 Å². The molecule has 2 rings (SSSR count). The number of nitrogen functional groups attached to an aromatic ring is 1. The molecule has 0 saturated carbocycles. The number of aryl methyl sites for hydroxylation is 1. The lowest BCUT2D eigenvalue weighted by molar-refractivity contribution is 0.484. The van der Waals surface area contributed by atoms with Gasteiger partial charge in [0.1, 0.15) is 11.8 Å². The van der Waals surface area contributed by atoms with E-state index in [4.69, 9.17) is 15.7 Å². The van der Waals surface area contributed by atoms with Gasteiger partial charge in [0.2, 0.25) is 0 Å². The van der Waals surface area contributed by atoms with Crippen LogP contribution in [-0.2, 0) is 0 Å². The van der Waals surface area contributed by atoms with Crippen LogP contribution in [0.5, 0.6) is 11.5 Å². The van der Waals surface area contributed by atoms with Crippen LogP contribution in [0.15, 0.2) is 40.9 Å². The Morgan fingerprint density at radius 1 is 1.22 bits per heavy atom. The molecule has 0 aliphatic heterocycles. The van der Waals surface area contributed by atoms with Crippen LogP contribution in [0, 0.1) is 18.3 Å². The second-order valence-electron chi connectivity index (χ2n) is 3.90. The monoisotopic (exact) mass is 302 g/mol. The van der Waals surface area contributed by atoms with Crippen molar-refractivity contribution in [3.63, 3.8) is 0 Å². The van der Waals surface area contributed by atoms with Crippen molar-refractivity contribution < 1.29 is 4.74 Å². The Hall–Kier alpha value is -1.99. The zero-order valence-corrected chi connectivity index (χ0v) is 11.4. The molecule has 0 atom stereocenters. The van der Waals surface area contributed by atoms with Crippen molar-refractivity contribution in [2.75, 3.05) is 5.73 Å². The molecule has 0 aliphatic rings. The van der Waals surface area contributed by atoms with Crippen molar-refractivity contribution in [2.24, 2.45) is 0 Å². The average Bonchev–Trinajstić information content (AvgIpc) is 2.34. The van der Waals surface area contributed by atoms with Crippen LogP contribution in [0.4, 0.5) is 5.69 Å². The van der Waals surface area contributed by atoms with Gasteiger partial charge in [-0.2, -0.15) is 5.26 Å². The van der Waals surface area contributed by atoms with Crippen LogP contribution in [0.25, 0.3) is 0 Å². The Morgan fingerprint density at radius 3 is 2.67 bits per heavy atom. The minimum atomic E-state index is 0.569. The smallest absolute Gasteiger partial charge is 0.150 e. The third kappa shape index (κ3) is 2.63. The zero-order valence-electron chi connectivity index (χ0n) is 9.77.